The van der Waals surface area contributed by atoms with Gasteiger partial charge < -0.3 is 10.4 Å². The molecule has 2 atom stereocenters. The van der Waals surface area contributed by atoms with Crippen molar-refractivity contribution in [1.29, 1.82) is 0 Å². The predicted octanol–water partition coefficient (Wildman–Crippen LogP) is 2.55. The van der Waals surface area contributed by atoms with Crippen molar-refractivity contribution in [3.63, 3.8) is 0 Å². The molecule has 5 nitrogen and oxygen atoms in total. The quantitative estimate of drug-likeness (QED) is 0.647. The van der Waals surface area contributed by atoms with Crippen LogP contribution in [0, 0.1) is 10.1 Å². The van der Waals surface area contributed by atoms with E-state index in [4.69, 9.17) is 0 Å². The molecule has 1 aliphatic heterocycles. The van der Waals surface area contributed by atoms with Gasteiger partial charge in [-0.3, -0.25) is 10.1 Å². The number of rotatable bonds is 4. The first-order valence-corrected chi connectivity index (χ1v) is 6.82. The molecule has 1 saturated heterocycles. The SMILES string of the molecule is O=[N+]([O-])c1ccc(C(O)CC2CCCCCN2)cc1. The highest BCUT2D eigenvalue weighted by atomic mass is 16.6. The second-order valence-corrected chi connectivity index (χ2v) is 5.10. The molecule has 1 heterocycles. The van der Waals surface area contributed by atoms with Crippen molar-refractivity contribution in [1.82, 2.24) is 5.32 Å². The molecule has 1 aromatic rings. The monoisotopic (exact) mass is 264 g/mol. The fourth-order valence-electron chi connectivity index (χ4n) is 2.53. The van der Waals surface area contributed by atoms with E-state index in [2.05, 4.69) is 5.32 Å². The fraction of sp³-hybridized carbons (Fsp3) is 0.571. The summed E-state index contributed by atoms with van der Waals surface area (Å²) in [5.74, 6) is 0. The van der Waals surface area contributed by atoms with E-state index in [1.54, 1.807) is 12.1 Å². The lowest BCUT2D eigenvalue weighted by atomic mass is 9.99. The standard InChI is InChI=1S/C14H20N2O3/c17-14(10-12-4-2-1-3-9-15-12)11-5-7-13(8-6-11)16(18)19/h5-8,12,14-15,17H,1-4,9-10H2. The van der Waals surface area contributed by atoms with E-state index < -0.39 is 11.0 Å². The van der Waals surface area contributed by atoms with Crippen molar-refractivity contribution in [2.45, 2.75) is 44.2 Å². The molecule has 0 amide bonds. The van der Waals surface area contributed by atoms with Crippen LogP contribution in [0.5, 0.6) is 0 Å². The highest BCUT2D eigenvalue weighted by molar-refractivity contribution is 5.33. The number of hydrogen-bond donors (Lipinski definition) is 2. The summed E-state index contributed by atoms with van der Waals surface area (Å²) in [4.78, 5) is 10.1. The van der Waals surface area contributed by atoms with Gasteiger partial charge in [-0.05, 0) is 43.5 Å². The molecule has 2 unspecified atom stereocenters. The zero-order valence-corrected chi connectivity index (χ0v) is 10.9. The highest BCUT2D eigenvalue weighted by Gasteiger charge is 2.17. The van der Waals surface area contributed by atoms with Crippen LogP contribution in [0.25, 0.3) is 0 Å². The number of aliphatic hydroxyl groups excluding tert-OH is 1. The van der Waals surface area contributed by atoms with E-state index in [0.29, 0.717) is 12.5 Å². The molecule has 0 aromatic heterocycles. The van der Waals surface area contributed by atoms with Gasteiger partial charge in [-0.2, -0.15) is 0 Å². The van der Waals surface area contributed by atoms with Gasteiger partial charge in [-0.15, -0.1) is 0 Å². The van der Waals surface area contributed by atoms with Gasteiger partial charge in [0, 0.05) is 18.2 Å². The number of aliphatic hydroxyl groups is 1. The molecule has 19 heavy (non-hydrogen) atoms. The van der Waals surface area contributed by atoms with Crippen LogP contribution >= 0.6 is 0 Å². The first-order chi connectivity index (χ1) is 9.16. The Morgan fingerprint density at radius 1 is 1.32 bits per heavy atom. The van der Waals surface area contributed by atoms with Crippen LogP contribution in [0.2, 0.25) is 0 Å². The minimum absolute atomic E-state index is 0.0588. The van der Waals surface area contributed by atoms with Crippen LogP contribution in [0.1, 0.15) is 43.8 Å². The lowest BCUT2D eigenvalue weighted by Gasteiger charge is -2.19. The average molecular weight is 264 g/mol. The van der Waals surface area contributed by atoms with Gasteiger partial charge in [-0.25, -0.2) is 0 Å². The van der Waals surface area contributed by atoms with Gasteiger partial charge in [0.05, 0.1) is 11.0 Å². The summed E-state index contributed by atoms with van der Waals surface area (Å²) < 4.78 is 0. The predicted molar refractivity (Wildman–Crippen MR) is 72.9 cm³/mol. The van der Waals surface area contributed by atoms with Crippen molar-refractivity contribution in [3.8, 4) is 0 Å². The van der Waals surface area contributed by atoms with E-state index in [1.807, 2.05) is 0 Å². The molecule has 1 fully saturated rings. The van der Waals surface area contributed by atoms with Gasteiger partial charge in [0.15, 0.2) is 0 Å². The zero-order chi connectivity index (χ0) is 13.7. The molecule has 5 heteroatoms. The summed E-state index contributed by atoms with van der Waals surface area (Å²) in [6, 6.07) is 6.50. The summed E-state index contributed by atoms with van der Waals surface area (Å²) in [7, 11) is 0. The first kappa shape index (κ1) is 14.0. The Labute approximate surface area is 112 Å². The third-order valence-corrected chi connectivity index (χ3v) is 3.66. The van der Waals surface area contributed by atoms with Gasteiger partial charge >= 0.3 is 0 Å². The topological polar surface area (TPSA) is 75.4 Å². The summed E-state index contributed by atoms with van der Waals surface area (Å²) in [6.45, 7) is 1.01. The Bertz CT molecular complexity index is 411. The van der Waals surface area contributed by atoms with E-state index in [0.717, 1.165) is 18.5 Å². The second-order valence-electron chi connectivity index (χ2n) is 5.10. The molecular weight excluding hydrogens is 244 g/mol. The van der Waals surface area contributed by atoms with Gasteiger partial charge in [-0.1, -0.05) is 12.8 Å². The van der Waals surface area contributed by atoms with Gasteiger partial charge in [0.2, 0.25) is 0 Å². The largest absolute Gasteiger partial charge is 0.388 e. The van der Waals surface area contributed by atoms with E-state index >= 15 is 0 Å². The van der Waals surface area contributed by atoms with E-state index in [1.165, 1.54) is 31.4 Å². The minimum atomic E-state index is -0.559. The lowest BCUT2D eigenvalue weighted by Crippen LogP contribution is -2.29. The average Bonchev–Trinajstić information content (AvgIpc) is 2.67. The molecule has 0 radical (unpaired) electrons. The highest BCUT2D eigenvalue weighted by Crippen LogP contribution is 2.23. The van der Waals surface area contributed by atoms with E-state index in [9.17, 15) is 15.2 Å². The smallest absolute Gasteiger partial charge is 0.269 e. The van der Waals surface area contributed by atoms with Gasteiger partial charge in [0.1, 0.15) is 0 Å². The van der Waals surface area contributed by atoms with Crippen LogP contribution < -0.4 is 5.32 Å². The maximum atomic E-state index is 10.6. The maximum absolute atomic E-state index is 10.6. The molecule has 0 spiro atoms. The number of nitrogens with one attached hydrogen (secondary N) is 1. The van der Waals surface area contributed by atoms with Crippen molar-refractivity contribution in [3.05, 3.63) is 39.9 Å². The van der Waals surface area contributed by atoms with Crippen molar-refractivity contribution >= 4 is 5.69 Å². The second kappa shape index (κ2) is 6.63. The number of nitro benzene ring substituents is 1. The third kappa shape index (κ3) is 4.01. The fourth-order valence-corrected chi connectivity index (χ4v) is 2.53. The molecule has 1 aromatic carbocycles. The summed E-state index contributed by atoms with van der Waals surface area (Å²) in [6.07, 6.45) is 4.84. The maximum Gasteiger partial charge on any atom is 0.269 e. The molecule has 0 bridgehead atoms. The van der Waals surface area contributed by atoms with Crippen LogP contribution in [0.4, 0.5) is 5.69 Å². The van der Waals surface area contributed by atoms with E-state index in [-0.39, 0.29) is 5.69 Å². The molecule has 0 saturated carbocycles. The van der Waals surface area contributed by atoms with Crippen LogP contribution in [-0.4, -0.2) is 22.6 Å². The van der Waals surface area contributed by atoms with Crippen molar-refractivity contribution in [2.75, 3.05) is 6.54 Å². The molecule has 0 aliphatic carbocycles. The first-order valence-electron chi connectivity index (χ1n) is 6.82. The lowest BCUT2D eigenvalue weighted by molar-refractivity contribution is -0.384. The number of nitrogens with zero attached hydrogens (tertiary/aromatic N) is 1. The molecule has 2 rings (SSSR count). The Morgan fingerprint density at radius 3 is 2.74 bits per heavy atom. The summed E-state index contributed by atoms with van der Waals surface area (Å²) in [5.41, 5.74) is 0.806. The Hall–Kier alpha value is -1.46. The molecule has 1 aliphatic rings. The molecule has 2 N–H and O–H groups in total. The zero-order valence-electron chi connectivity index (χ0n) is 10.9. The molecule has 104 valence electrons. The Balaban J connectivity index is 1.94. The van der Waals surface area contributed by atoms with Crippen LogP contribution in [0.15, 0.2) is 24.3 Å². The van der Waals surface area contributed by atoms with Crippen molar-refractivity contribution in [2.24, 2.45) is 0 Å². The van der Waals surface area contributed by atoms with Crippen LogP contribution in [0.3, 0.4) is 0 Å². The number of nitro groups is 1. The summed E-state index contributed by atoms with van der Waals surface area (Å²) >= 11 is 0. The normalized spacial score (nSPS) is 21.6. The van der Waals surface area contributed by atoms with Crippen molar-refractivity contribution < 1.29 is 10.0 Å². The molecular formula is C14H20N2O3. The Kier molecular flexibility index (Phi) is 4.87. The number of hydrogen-bond acceptors (Lipinski definition) is 4. The van der Waals surface area contributed by atoms with Gasteiger partial charge in [0.25, 0.3) is 5.69 Å². The third-order valence-electron chi connectivity index (χ3n) is 3.66. The Morgan fingerprint density at radius 2 is 2.05 bits per heavy atom. The summed E-state index contributed by atoms with van der Waals surface area (Å²) in [5, 5.41) is 24.2. The number of benzene rings is 1. The minimum Gasteiger partial charge on any atom is -0.388 e. The number of non-ortho nitro benzene ring substituents is 1. The van der Waals surface area contributed by atoms with Crippen LogP contribution in [-0.2, 0) is 0 Å².